The van der Waals surface area contributed by atoms with Gasteiger partial charge in [0.15, 0.2) is 5.78 Å². The molecule has 0 saturated carbocycles. The van der Waals surface area contributed by atoms with E-state index >= 15 is 0 Å². The third-order valence-electron chi connectivity index (χ3n) is 4.28. The first-order valence-corrected chi connectivity index (χ1v) is 10.3. The number of ketones is 1. The van der Waals surface area contributed by atoms with Crippen LogP contribution in [-0.4, -0.2) is 27.5 Å². The molecular weight excluding hydrogens is 471 g/mol. The molecule has 34 heavy (non-hydrogen) atoms. The van der Waals surface area contributed by atoms with Gasteiger partial charge in [-0.3, -0.25) is 9.59 Å². The molecule has 11 heteroatoms. The zero-order valence-electron chi connectivity index (χ0n) is 18.9. The molecule has 0 fully saturated rings. The predicted molar refractivity (Wildman–Crippen MR) is 126 cm³/mol. The van der Waals surface area contributed by atoms with Crippen molar-refractivity contribution in [2.45, 2.75) is 33.9 Å². The van der Waals surface area contributed by atoms with Crippen LogP contribution in [0.2, 0.25) is 5.15 Å². The minimum absolute atomic E-state index is 0.0355. The smallest absolute Gasteiger partial charge is 0.329 e. The molecule has 0 aliphatic carbocycles. The maximum atomic E-state index is 12.7. The fraction of sp³-hybridized carbons (Fsp3) is 0.261. The number of amidine groups is 1. The van der Waals surface area contributed by atoms with Crippen LogP contribution >= 0.6 is 11.6 Å². The lowest BCUT2D eigenvalue weighted by Gasteiger charge is -2.19. The van der Waals surface area contributed by atoms with Crippen LogP contribution in [0.1, 0.15) is 43.6 Å². The number of carbonyl (C=O) groups is 2. The van der Waals surface area contributed by atoms with Crippen LogP contribution < -0.4 is 10.6 Å². The number of aromatic nitrogens is 2. The zero-order chi connectivity index (χ0) is 25.7. The van der Waals surface area contributed by atoms with Gasteiger partial charge in [0.2, 0.25) is 0 Å². The highest BCUT2D eigenvalue weighted by molar-refractivity contribution is 6.30. The lowest BCUT2D eigenvalue weighted by atomic mass is 9.86. The largest absolute Gasteiger partial charge is 0.417 e. The molecule has 2 N–H and O–H groups in total. The SMILES string of the molecule is C=C(/C=C\N=C(C)Nc1ccc(C(F)(F)F)cn1)C(=O)Nc1cnc(Cl)cc1C(=O)C(C)(C)C. The van der Waals surface area contributed by atoms with Gasteiger partial charge < -0.3 is 10.6 Å². The quantitative estimate of drug-likeness (QED) is 0.130. The third kappa shape index (κ3) is 7.51. The molecule has 0 unspecified atom stereocenters. The van der Waals surface area contributed by atoms with Gasteiger partial charge in [0.25, 0.3) is 5.91 Å². The number of aliphatic imine (C=N–C) groups is 1. The van der Waals surface area contributed by atoms with Gasteiger partial charge >= 0.3 is 6.18 Å². The van der Waals surface area contributed by atoms with Crippen LogP contribution in [0.15, 0.2) is 60.0 Å². The molecule has 0 aromatic carbocycles. The van der Waals surface area contributed by atoms with Gasteiger partial charge in [0.05, 0.1) is 17.4 Å². The molecular formula is C23H23ClF3N5O2. The van der Waals surface area contributed by atoms with E-state index in [1.807, 2.05) is 0 Å². The molecule has 2 heterocycles. The van der Waals surface area contributed by atoms with Gasteiger partial charge in [0, 0.05) is 28.9 Å². The summed E-state index contributed by atoms with van der Waals surface area (Å²) in [5.74, 6) is -0.327. The summed E-state index contributed by atoms with van der Waals surface area (Å²) >= 11 is 5.91. The van der Waals surface area contributed by atoms with Crippen molar-refractivity contribution in [2.75, 3.05) is 10.6 Å². The number of hydrogen-bond donors (Lipinski definition) is 2. The first-order valence-electron chi connectivity index (χ1n) is 9.90. The van der Waals surface area contributed by atoms with Crippen molar-refractivity contribution in [1.82, 2.24) is 9.97 Å². The Balaban J connectivity index is 2.05. The van der Waals surface area contributed by atoms with Crippen molar-refractivity contribution in [3.63, 3.8) is 0 Å². The average molecular weight is 494 g/mol. The fourth-order valence-corrected chi connectivity index (χ4v) is 2.65. The Morgan fingerprint density at radius 2 is 1.79 bits per heavy atom. The topological polar surface area (TPSA) is 96.3 Å². The number of Topliss-reactive ketones (excluding diaryl/α,β-unsaturated/α-hetero) is 1. The molecule has 0 bridgehead atoms. The molecule has 0 saturated heterocycles. The van der Waals surface area contributed by atoms with E-state index in [-0.39, 0.29) is 33.6 Å². The van der Waals surface area contributed by atoms with E-state index in [9.17, 15) is 22.8 Å². The predicted octanol–water partition coefficient (Wildman–Crippen LogP) is 5.92. The van der Waals surface area contributed by atoms with E-state index in [0.717, 1.165) is 6.07 Å². The van der Waals surface area contributed by atoms with Crippen molar-refractivity contribution in [2.24, 2.45) is 10.4 Å². The number of hydrogen-bond acceptors (Lipinski definition) is 5. The van der Waals surface area contributed by atoms with Crippen molar-refractivity contribution in [3.05, 3.63) is 71.3 Å². The maximum Gasteiger partial charge on any atom is 0.417 e. The number of alkyl halides is 3. The van der Waals surface area contributed by atoms with Crippen molar-refractivity contribution in [3.8, 4) is 0 Å². The number of carbonyl (C=O) groups excluding carboxylic acids is 2. The summed E-state index contributed by atoms with van der Waals surface area (Å²) in [7, 11) is 0. The summed E-state index contributed by atoms with van der Waals surface area (Å²) in [6, 6.07) is 3.46. The van der Waals surface area contributed by atoms with E-state index in [1.54, 1.807) is 27.7 Å². The Bertz CT molecular complexity index is 1150. The zero-order valence-corrected chi connectivity index (χ0v) is 19.7. The second kappa shape index (κ2) is 10.6. The summed E-state index contributed by atoms with van der Waals surface area (Å²) in [5.41, 5.74) is -1.12. The number of anilines is 2. The van der Waals surface area contributed by atoms with Crippen molar-refractivity contribution < 1.29 is 22.8 Å². The number of rotatable bonds is 6. The summed E-state index contributed by atoms with van der Waals surface area (Å²) in [4.78, 5) is 36.8. The molecule has 0 atom stereocenters. The highest BCUT2D eigenvalue weighted by Crippen LogP contribution is 2.29. The number of amides is 1. The van der Waals surface area contributed by atoms with Crippen LogP contribution in [-0.2, 0) is 11.0 Å². The van der Waals surface area contributed by atoms with E-state index in [2.05, 4.69) is 32.2 Å². The fourth-order valence-electron chi connectivity index (χ4n) is 2.49. The molecule has 0 radical (unpaired) electrons. The highest BCUT2D eigenvalue weighted by Gasteiger charge is 2.30. The second-order valence-corrected chi connectivity index (χ2v) is 8.58. The van der Waals surface area contributed by atoms with Gasteiger partial charge in [0.1, 0.15) is 16.8 Å². The molecule has 2 rings (SSSR count). The van der Waals surface area contributed by atoms with Gasteiger partial charge in [-0.15, -0.1) is 0 Å². The minimum atomic E-state index is -4.47. The minimum Gasteiger partial charge on any atom is -0.329 e. The third-order valence-corrected chi connectivity index (χ3v) is 4.49. The Morgan fingerprint density at radius 1 is 1.12 bits per heavy atom. The molecule has 7 nitrogen and oxygen atoms in total. The van der Waals surface area contributed by atoms with Gasteiger partial charge in [-0.25, -0.2) is 15.0 Å². The van der Waals surface area contributed by atoms with E-state index < -0.39 is 23.1 Å². The Kier molecular flexibility index (Phi) is 8.33. The molecule has 0 spiro atoms. The van der Waals surface area contributed by atoms with Crippen LogP contribution in [0.4, 0.5) is 24.7 Å². The lowest BCUT2D eigenvalue weighted by molar-refractivity contribution is -0.137. The van der Waals surface area contributed by atoms with Gasteiger partial charge in [-0.1, -0.05) is 39.0 Å². The second-order valence-electron chi connectivity index (χ2n) is 8.20. The summed E-state index contributed by atoms with van der Waals surface area (Å²) in [6.07, 6.45) is 0.146. The molecule has 180 valence electrons. The first kappa shape index (κ1) is 26.7. The summed E-state index contributed by atoms with van der Waals surface area (Å²) < 4.78 is 37.8. The highest BCUT2D eigenvalue weighted by atomic mass is 35.5. The number of halogens is 4. The number of nitrogens with zero attached hydrogens (tertiary/aromatic N) is 3. The van der Waals surface area contributed by atoms with Gasteiger partial charge in [-0.05, 0) is 31.2 Å². The average Bonchev–Trinajstić information content (AvgIpc) is 2.73. The summed E-state index contributed by atoms with van der Waals surface area (Å²) in [6.45, 7) is 10.5. The maximum absolute atomic E-state index is 12.7. The van der Waals surface area contributed by atoms with Crippen molar-refractivity contribution >= 4 is 40.6 Å². The van der Waals surface area contributed by atoms with Crippen LogP contribution in [0, 0.1) is 5.41 Å². The molecule has 2 aromatic rings. The molecule has 1 amide bonds. The van der Waals surface area contributed by atoms with E-state index in [4.69, 9.17) is 11.6 Å². The Labute approximate surface area is 199 Å². The standard InChI is InChI=1S/C23H23ClF3N5O2/c1-13(8-9-28-14(2)31-19-7-6-15(11-30-19)23(25,26)27)21(34)32-17-12-29-18(24)10-16(17)20(33)22(3,4)5/h6-12H,1H2,2-5H3,(H,32,34)(H,28,30,31)/b9-8-. The van der Waals surface area contributed by atoms with Crippen molar-refractivity contribution in [1.29, 1.82) is 0 Å². The van der Waals surface area contributed by atoms with Crippen LogP contribution in [0.3, 0.4) is 0 Å². The number of nitrogens with one attached hydrogen (secondary N) is 2. The van der Waals surface area contributed by atoms with E-state index in [1.165, 1.54) is 30.6 Å². The van der Waals surface area contributed by atoms with E-state index in [0.29, 0.717) is 12.0 Å². The summed E-state index contributed by atoms with van der Waals surface area (Å²) in [5, 5.41) is 5.44. The van der Waals surface area contributed by atoms with Gasteiger partial charge in [-0.2, -0.15) is 13.2 Å². The Hall–Kier alpha value is -3.53. The monoisotopic (exact) mass is 493 g/mol. The molecule has 2 aromatic heterocycles. The number of pyridine rings is 2. The Morgan fingerprint density at radius 3 is 2.35 bits per heavy atom. The van der Waals surface area contributed by atoms with Crippen LogP contribution in [0.5, 0.6) is 0 Å². The molecule has 0 aliphatic rings. The van der Waals surface area contributed by atoms with Crippen LogP contribution in [0.25, 0.3) is 0 Å². The first-order chi connectivity index (χ1) is 15.7. The lowest BCUT2D eigenvalue weighted by Crippen LogP contribution is -2.23. The normalized spacial score (nSPS) is 12.5. The molecule has 0 aliphatic heterocycles.